The Hall–Kier alpha value is -1.05. The maximum Gasteiger partial charge on any atom is 0.0888 e. The summed E-state index contributed by atoms with van der Waals surface area (Å²) in [5.74, 6) is 0. The van der Waals surface area contributed by atoms with Crippen molar-refractivity contribution in [3.63, 3.8) is 0 Å². The quantitative estimate of drug-likeness (QED) is 0.765. The number of pyridine rings is 2. The van der Waals surface area contributed by atoms with E-state index in [-0.39, 0.29) is 20.1 Å². The van der Waals surface area contributed by atoms with E-state index < -0.39 is 0 Å². The van der Waals surface area contributed by atoms with Crippen molar-refractivity contribution in [1.82, 2.24) is 9.97 Å². The minimum atomic E-state index is 0. The molecule has 2 aromatic rings. The number of rotatable bonds is 1. The van der Waals surface area contributed by atoms with Crippen molar-refractivity contribution in [2.45, 2.75) is 13.8 Å². The van der Waals surface area contributed by atoms with Gasteiger partial charge in [0.25, 0.3) is 0 Å². The van der Waals surface area contributed by atoms with E-state index in [4.69, 9.17) is 0 Å². The SMILES string of the molecule is Cc1ccnc(-c2cc(C)ccn2)c1.[Ir]. The first-order chi connectivity index (χ1) is 6.75. The summed E-state index contributed by atoms with van der Waals surface area (Å²) in [6.07, 6.45) is 3.63. The molecule has 3 heteroatoms. The van der Waals surface area contributed by atoms with Crippen LogP contribution in [-0.4, -0.2) is 9.97 Å². The number of aryl methyl sites for hydroxylation is 2. The summed E-state index contributed by atoms with van der Waals surface area (Å²) in [7, 11) is 0. The Morgan fingerprint density at radius 1 is 0.800 bits per heavy atom. The molecule has 0 N–H and O–H groups in total. The minimum Gasteiger partial charge on any atom is -0.255 e. The predicted octanol–water partition coefficient (Wildman–Crippen LogP) is 2.76. The van der Waals surface area contributed by atoms with Crippen molar-refractivity contribution in [2.75, 3.05) is 0 Å². The second kappa shape index (κ2) is 5.15. The van der Waals surface area contributed by atoms with Gasteiger partial charge in [0.2, 0.25) is 0 Å². The summed E-state index contributed by atoms with van der Waals surface area (Å²) in [6.45, 7) is 4.11. The van der Waals surface area contributed by atoms with Crippen LogP contribution in [0.2, 0.25) is 0 Å². The van der Waals surface area contributed by atoms with Gasteiger partial charge in [-0.15, -0.1) is 0 Å². The Balaban J connectivity index is 0.00000112. The van der Waals surface area contributed by atoms with Crippen LogP contribution in [-0.2, 0) is 20.1 Å². The third-order valence-corrected chi connectivity index (χ3v) is 2.09. The molecule has 0 aliphatic heterocycles. The van der Waals surface area contributed by atoms with E-state index in [1.807, 2.05) is 36.7 Å². The molecule has 79 valence electrons. The normalized spacial score (nSPS) is 9.47. The summed E-state index contributed by atoms with van der Waals surface area (Å²) in [5.41, 5.74) is 4.29. The van der Waals surface area contributed by atoms with Crippen LogP contribution in [0.25, 0.3) is 11.4 Å². The van der Waals surface area contributed by atoms with E-state index in [2.05, 4.69) is 23.8 Å². The average Bonchev–Trinajstić information content (AvgIpc) is 2.18. The van der Waals surface area contributed by atoms with Crippen LogP contribution in [0.5, 0.6) is 0 Å². The standard InChI is InChI=1S/C12H12N2.Ir/c1-9-3-5-13-11(7-9)12-8-10(2)4-6-14-12;/h3-8H,1-2H3;. The molecule has 0 atom stereocenters. The summed E-state index contributed by atoms with van der Waals surface area (Å²) in [6, 6.07) is 8.06. The van der Waals surface area contributed by atoms with Gasteiger partial charge in [-0.3, -0.25) is 9.97 Å². The Morgan fingerprint density at radius 2 is 1.20 bits per heavy atom. The molecule has 0 aromatic carbocycles. The van der Waals surface area contributed by atoms with E-state index in [9.17, 15) is 0 Å². The van der Waals surface area contributed by atoms with Gasteiger partial charge in [-0.05, 0) is 49.2 Å². The predicted molar refractivity (Wildman–Crippen MR) is 56.9 cm³/mol. The molecule has 0 aliphatic rings. The number of hydrogen-bond acceptors (Lipinski definition) is 2. The maximum absolute atomic E-state index is 4.29. The fraction of sp³-hybridized carbons (Fsp3) is 0.167. The van der Waals surface area contributed by atoms with Crippen molar-refractivity contribution in [3.8, 4) is 11.4 Å². The molecule has 0 bridgehead atoms. The first-order valence-corrected chi connectivity index (χ1v) is 4.61. The topological polar surface area (TPSA) is 25.8 Å². The zero-order chi connectivity index (χ0) is 9.97. The molecule has 0 spiro atoms. The van der Waals surface area contributed by atoms with Gasteiger partial charge in [-0.25, -0.2) is 0 Å². The smallest absolute Gasteiger partial charge is 0.0888 e. The van der Waals surface area contributed by atoms with Gasteiger partial charge in [0.05, 0.1) is 11.4 Å². The molecule has 0 saturated carbocycles. The first-order valence-electron chi connectivity index (χ1n) is 4.61. The molecule has 1 radical (unpaired) electrons. The summed E-state index contributed by atoms with van der Waals surface area (Å²) in [4.78, 5) is 8.58. The number of aromatic nitrogens is 2. The van der Waals surface area contributed by atoms with Gasteiger partial charge in [-0.1, -0.05) is 0 Å². The summed E-state index contributed by atoms with van der Waals surface area (Å²) < 4.78 is 0. The van der Waals surface area contributed by atoms with Crippen LogP contribution < -0.4 is 0 Å². The molecule has 0 amide bonds. The van der Waals surface area contributed by atoms with E-state index >= 15 is 0 Å². The molecule has 0 fully saturated rings. The van der Waals surface area contributed by atoms with E-state index in [0.29, 0.717) is 0 Å². The largest absolute Gasteiger partial charge is 0.255 e. The Labute approximate surface area is 103 Å². The Bertz CT molecular complexity index is 411. The molecular weight excluding hydrogens is 364 g/mol. The zero-order valence-corrected chi connectivity index (χ0v) is 11.1. The van der Waals surface area contributed by atoms with Gasteiger partial charge in [0, 0.05) is 32.5 Å². The third-order valence-electron chi connectivity index (χ3n) is 2.09. The second-order valence-electron chi connectivity index (χ2n) is 3.44. The van der Waals surface area contributed by atoms with Gasteiger partial charge in [-0.2, -0.15) is 0 Å². The second-order valence-corrected chi connectivity index (χ2v) is 3.44. The monoisotopic (exact) mass is 377 g/mol. The van der Waals surface area contributed by atoms with E-state index in [0.717, 1.165) is 11.4 Å². The first kappa shape index (κ1) is 12.0. The molecular formula is C12H12IrN2. The van der Waals surface area contributed by atoms with Crippen molar-refractivity contribution in [3.05, 3.63) is 47.8 Å². The molecule has 2 nitrogen and oxygen atoms in total. The fourth-order valence-electron chi connectivity index (χ4n) is 1.35. The molecule has 15 heavy (non-hydrogen) atoms. The average molecular weight is 376 g/mol. The molecule has 0 aliphatic carbocycles. The molecule has 2 rings (SSSR count). The summed E-state index contributed by atoms with van der Waals surface area (Å²) >= 11 is 0. The number of nitrogens with zero attached hydrogens (tertiary/aromatic N) is 2. The van der Waals surface area contributed by atoms with Gasteiger partial charge in [0.15, 0.2) is 0 Å². The van der Waals surface area contributed by atoms with Crippen LogP contribution in [0.15, 0.2) is 36.7 Å². The number of hydrogen-bond donors (Lipinski definition) is 0. The van der Waals surface area contributed by atoms with Crippen LogP contribution >= 0.6 is 0 Å². The maximum atomic E-state index is 4.29. The van der Waals surface area contributed by atoms with E-state index in [1.165, 1.54) is 11.1 Å². The van der Waals surface area contributed by atoms with Gasteiger partial charge in [0.1, 0.15) is 0 Å². The van der Waals surface area contributed by atoms with Gasteiger partial charge < -0.3 is 0 Å². The van der Waals surface area contributed by atoms with Crippen LogP contribution in [0.4, 0.5) is 0 Å². The van der Waals surface area contributed by atoms with Gasteiger partial charge >= 0.3 is 0 Å². The molecule has 2 heterocycles. The van der Waals surface area contributed by atoms with E-state index in [1.54, 1.807) is 0 Å². The zero-order valence-electron chi connectivity index (χ0n) is 8.69. The minimum absolute atomic E-state index is 0. The summed E-state index contributed by atoms with van der Waals surface area (Å²) in [5, 5.41) is 0. The van der Waals surface area contributed by atoms with Crippen LogP contribution in [0.3, 0.4) is 0 Å². The third kappa shape index (κ3) is 2.95. The molecule has 0 saturated heterocycles. The van der Waals surface area contributed by atoms with Crippen LogP contribution in [0, 0.1) is 13.8 Å². The van der Waals surface area contributed by atoms with Crippen LogP contribution in [0.1, 0.15) is 11.1 Å². The van der Waals surface area contributed by atoms with Crippen molar-refractivity contribution in [1.29, 1.82) is 0 Å². The van der Waals surface area contributed by atoms with Crippen molar-refractivity contribution in [2.24, 2.45) is 0 Å². The van der Waals surface area contributed by atoms with Crippen molar-refractivity contribution >= 4 is 0 Å². The molecule has 2 aromatic heterocycles. The van der Waals surface area contributed by atoms with Crippen molar-refractivity contribution < 1.29 is 20.1 Å². The molecule has 0 unspecified atom stereocenters. The fourth-order valence-corrected chi connectivity index (χ4v) is 1.35. The Kier molecular flexibility index (Phi) is 4.13. The Morgan fingerprint density at radius 3 is 1.53 bits per heavy atom.